The molecule has 1 saturated heterocycles. The predicted molar refractivity (Wildman–Crippen MR) is 126 cm³/mol. The Morgan fingerprint density at radius 2 is 1.58 bits per heavy atom. The maximum absolute atomic E-state index is 10.9. The molecule has 1 amide bonds. The molecule has 1 aromatic heterocycles. The van der Waals surface area contributed by atoms with Gasteiger partial charge in [0.05, 0.1) is 17.3 Å². The van der Waals surface area contributed by atoms with E-state index in [4.69, 9.17) is 26.9 Å². The first kappa shape index (κ1) is 23.2. The van der Waals surface area contributed by atoms with Gasteiger partial charge in [-0.1, -0.05) is 18.2 Å². The minimum atomic E-state index is -0.0139. The minimum absolute atomic E-state index is 0.0139. The van der Waals surface area contributed by atoms with Gasteiger partial charge in [-0.25, -0.2) is 9.97 Å². The number of likely N-dealkylation sites (tertiary alicyclic amines) is 1. The maximum Gasteiger partial charge on any atom is 0.236 e. The Balaban J connectivity index is 0.000000257. The van der Waals surface area contributed by atoms with Crippen LogP contribution in [-0.4, -0.2) is 39.6 Å². The van der Waals surface area contributed by atoms with Crippen LogP contribution >= 0.6 is 0 Å². The lowest BCUT2D eigenvalue weighted by atomic mass is 10.0. The second-order valence-electron chi connectivity index (χ2n) is 7.26. The van der Waals surface area contributed by atoms with Crippen LogP contribution in [0.3, 0.4) is 0 Å². The molecular formula is C24H25N7O2. The number of ether oxygens (including phenoxy) is 1. The van der Waals surface area contributed by atoms with Crippen LogP contribution in [-0.2, 0) is 4.79 Å². The van der Waals surface area contributed by atoms with Crippen LogP contribution in [0.2, 0.25) is 0 Å². The molecule has 5 N–H and O–H groups in total. The molecule has 0 atom stereocenters. The topological polar surface area (TPSA) is 155 Å². The molecule has 0 aliphatic carbocycles. The van der Waals surface area contributed by atoms with E-state index in [1.54, 1.807) is 29.2 Å². The van der Waals surface area contributed by atoms with E-state index in [1.165, 1.54) is 6.33 Å². The van der Waals surface area contributed by atoms with Crippen molar-refractivity contribution in [2.45, 2.75) is 19.3 Å². The summed E-state index contributed by atoms with van der Waals surface area (Å²) in [6, 6.07) is 18.4. The van der Waals surface area contributed by atoms with Gasteiger partial charge >= 0.3 is 0 Å². The summed E-state index contributed by atoms with van der Waals surface area (Å²) in [7, 11) is 0. The van der Waals surface area contributed by atoms with E-state index in [2.05, 4.69) is 9.97 Å². The number of aromatic nitrogens is 2. The number of nitrogens with one attached hydrogen (secondary N) is 1. The van der Waals surface area contributed by atoms with Crippen molar-refractivity contribution in [2.24, 2.45) is 0 Å². The largest absolute Gasteiger partial charge is 0.457 e. The van der Waals surface area contributed by atoms with Gasteiger partial charge in [0.15, 0.2) is 0 Å². The van der Waals surface area contributed by atoms with E-state index in [-0.39, 0.29) is 29.7 Å². The summed E-state index contributed by atoms with van der Waals surface area (Å²) in [5.41, 5.74) is 12.8. The van der Waals surface area contributed by atoms with Gasteiger partial charge in [-0.3, -0.25) is 10.2 Å². The number of benzene rings is 2. The molecule has 0 bridgehead atoms. The van der Waals surface area contributed by atoms with Gasteiger partial charge in [-0.15, -0.1) is 0 Å². The highest BCUT2D eigenvalue weighted by Crippen LogP contribution is 2.24. The molecule has 1 aliphatic heterocycles. The number of amides is 1. The van der Waals surface area contributed by atoms with Gasteiger partial charge in [0.2, 0.25) is 5.91 Å². The third kappa shape index (κ3) is 6.27. The van der Waals surface area contributed by atoms with E-state index >= 15 is 0 Å². The zero-order chi connectivity index (χ0) is 23.6. The molecule has 1 aliphatic rings. The zero-order valence-electron chi connectivity index (χ0n) is 18.1. The third-order valence-corrected chi connectivity index (χ3v) is 4.97. The van der Waals surface area contributed by atoms with Gasteiger partial charge in [0.25, 0.3) is 0 Å². The average molecular weight is 444 g/mol. The summed E-state index contributed by atoms with van der Waals surface area (Å²) < 4.78 is 5.72. The monoisotopic (exact) mass is 443 g/mol. The number of nitriles is 1. The molecule has 33 heavy (non-hydrogen) atoms. The summed E-state index contributed by atoms with van der Waals surface area (Å²) in [6.07, 6.45) is 3.51. The van der Waals surface area contributed by atoms with E-state index in [1.807, 2.05) is 36.4 Å². The standard InChI is InChI=1S/C17H15N5O.C7H10N2O/c18-15(14-16(19)21-10-22-17(14)20)11-6-8-13(9-7-11)23-12-4-2-1-3-5-12;8-4-3-7(10)9-5-1-2-6-9/h1-10,18H,(H4,19,20,21,22);1-3,5-6H2. The second kappa shape index (κ2) is 11.2. The number of nitrogens with two attached hydrogens (primary N) is 2. The molecule has 2 aromatic carbocycles. The lowest BCUT2D eigenvalue weighted by Gasteiger charge is -2.11. The SMILES string of the molecule is N#CCC(=O)N1CCCC1.N=C(c1ccc(Oc2ccccc2)cc1)c1c(N)ncnc1N. The normalized spacial score (nSPS) is 12.3. The van der Waals surface area contributed by atoms with Gasteiger partial charge in [-0.05, 0) is 49.2 Å². The highest BCUT2D eigenvalue weighted by Gasteiger charge is 2.16. The Hall–Kier alpha value is -4.45. The first-order valence-electron chi connectivity index (χ1n) is 10.4. The molecule has 1 fully saturated rings. The molecule has 168 valence electrons. The molecule has 9 nitrogen and oxygen atoms in total. The molecule has 2 heterocycles. The number of hydrogen-bond acceptors (Lipinski definition) is 8. The Bertz CT molecular complexity index is 1120. The second-order valence-corrected chi connectivity index (χ2v) is 7.26. The summed E-state index contributed by atoms with van der Waals surface area (Å²) in [4.78, 5) is 20.5. The highest BCUT2D eigenvalue weighted by molar-refractivity contribution is 6.15. The highest BCUT2D eigenvalue weighted by atomic mass is 16.5. The van der Waals surface area contributed by atoms with Crippen molar-refractivity contribution in [2.75, 3.05) is 24.6 Å². The fourth-order valence-electron chi connectivity index (χ4n) is 3.27. The van der Waals surface area contributed by atoms with E-state index in [9.17, 15) is 4.79 Å². The maximum atomic E-state index is 10.9. The molecular weight excluding hydrogens is 418 g/mol. The number of nitrogen functional groups attached to an aromatic ring is 2. The molecule has 0 saturated carbocycles. The lowest BCUT2D eigenvalue weighted by molar-refractivity contribution is -0.129. The molecule has 4 rings (SSSR count). The van der Waals surface area contributed by atoms with Gasteiger partial charge < -0.3 is 21.1 Å². The van der Waals surface area contributed by atoms with E-state index in [0.717, 1.165) is 31.7 Å². The van der Waals surface area contributed by atoms with Crippen molar-refractivity contribution in [3.63, 3.8) is 0 Å². The number of carbonyl (C=O) groups excluding carboxylic acids is 1. The van der Waals surface area contributed by atoms with Gasteiger partial charge in [-0.2, -0.15) is 5.26 Å². The van der Waals surface area contributed by atoms with Crippen LogP contribution in [0.25, 0.3) is 0 Å². The summed E-state index contributed by atoms with van der Waals surface area (Å²) in [5.74, 6) is 1.79. The van der Waals surface area contributed by atoms with Crippen molar-refractivity contribution in [3.8, 4) is 17.6 Å². The average Bonchev–Trinajstić information content (AvgIpc) is 3.36. The lowest BCUT2D eigenvalue weighted by Crippen LogP contribution is -2.26. The van der Waals surface area contributed by atoms with Crippen LogP contribution in [0.1, 0.15) is 30.4 Å². The van der Waals surface area contributed by atoms with E-state index in [0.29, 0.717) is 16.9 Å². The van der Waals surface area contributed by atoms with E-state index < -0.39 is 0 Å². The quantitative estimate of drug-likeness (QED) is 0.510. The molecule has 0 spiro atoms. The van der Waals surface area contributed by atoms with Crippen LogP contribution < -0.4 is 16.2 Å². The summed E-state index contributed by atoms with van der Waals surface area (Å²) in [5, 5.41) is 16.5. The van der Waals surface area contributed by atoms with Gasteiger partial charge in [0.1, 0.15) is 35.9 Å². The van der Waals surface area contributed by atoms with Crippen LogP contribution in [0.5, 0.6) is 11.5 Å². The van der Waals surface area contributed by atoms with Crippen molar-refractivity contribution >= 4 is 23.3 Å². The van der Waals surface area contributed by atoms with Crippen molar-refractivity contribution in [3.05, 3.63) is 72.1 Å². The van der Waals surface area contributed by atoms with Crippen molar-refractivity contribution < 1.29 is 9.53 Å². The first-order chi connectivity index (χ1) is 16.0. The third-order valence-electron chi connectivity index (χ3n) is 4.97. The fraction of sp³-hybridized carbons (Fsp3) is 0.208. The molecule has 9 heteroatoms. The number of carbonyl (C=O) groups is 1. The number of nitrogens with zero attached hydrogens (tertiary/aromatic N) is 4. The Morgan fingerprint density at radius 1 is 1.00 bits per heavy atom. The molecule has 3 aromatic rings. The number of anilines is 2. The van der Waals surface area contributed by atoms with Crippen LogP contribution in [0, 0.1) is 16.7 Å². The van der Waals surface area contributed by atoms with Crippen molar-refractivity contribution in [1.82, 2.24) is 14.9 Å². The Kier molecular flexibility index (Phi) is 7.91. The number of para-hydroxylation sites is 1. The van der Waals surface area contributed by atoms with Gasteiger partial charge in [0, 0.05) is 18.7 Å². The smallest absolute Gasteiger partial charge is 0.236 e. The predicted octanol–water partition coefficient (Wildman–Crippen LogP) is 3.37. The first-order valence-corrected chi connectivity index (χ1v) is 10.4. The summed E-state index contributed by atoms with van der Waals surface area (Å²) >= 11 is 0. The fourth-order valence-corrected chi connectivity index (χ4v) is 3.27. The van der Waals surface area contributed by atoms with Crippen molar-refractivity contribution in [1.29, 1.82) is 10.7 Å². The van der Waals surface area contributed by atoms with Crippen LogP contribution in [0.4, 0.5) is 11.6 Å². The number of hydrogen-bond donors (Lipinski definition) is 3. The Labute approximate surface area is 192 Å². The van der Waals surface area contributed by atoms with Crippen LogP contribution in [0.15, 0.2) is 60.9 Å². The Morgan fingerprint density at radius 3 is 2.15 bits per heavy atom. The number of rotatable bonds is 5. The zero-order valence-corrected chi connectivity index (χ0v) is 18.1. The summed E-state index contributed by atoms with van der Waals surface area (Å²) in [6.45, 7) is 1.70. The molecule has 0 radical (unpaired) electrons. The molecule has 0 unspecified atom stereocenters. The minimum Gasteiger partial charge on any atom is -0.457 e.